The second-order valence-corrected chi connectivity index (χ2v) is 11.3. The maximum atomic E-state index is 13.8. The van der Waals surface area contributed by atoms with Gasteiger partial charge in [-0.05, 0) is 61.9 Å². The molecule has 3 fully saturated rings. The first-order valence-electron chi connectivity index (χ1n) is 13.7. The summed E-state index contributed by atoms with van der Waals surface area (Å²) in [4.78, 5) is 13.8. The van der Waals surface area contributed by atoms with Gasteiger partial charge in [-0.2, -0.15) is 5.26 Å². The predicted octanol–water partition coefficient (Wildman–Crippen LogP) is 5.14. The molecular formula is C30H33F3N2O6. The molecule has 11 heteroatoms. The molecule has 2 aliphatic carbocycles. The number of hydrogen-bond donors (Lipinski definition) is 1. The largest absolute Gasteiger partial charge is 0.573 e. The van der Waals surface area contributed by atoms with Gasteiger partial charge in [0, 0.05) is 19.4 Å². The maximum Gasteiger partial charge on any atom is 0.573 e. The average Bonchev–Trinajstić information content (AvgIpc) is 3.69. The summed E-state index contributed by atoms with van der Waals surface area (Å²) in [6.07, 6.45) is -4.12. The minimum atomic E-state index is -4.81. The molecule has 1 saturated heterocycles. The lowest BCUT2D eigenvalue weighted by Crippen LogP contribution is -2.60. The van der Waals surface area contributed by atoms with E-state index in [-0.39, 0.29) is 37.7 Å². The van der Waals surface area contributed by atoms with Crippen molar-refractivity contribution in [2.75, 3.05) is 6.54 Å². The minimum Gasteiger partial charge on any atom is -0.406 e. The number of amides is 1. The van der Waals surface area contributed by atoms with Gasteiger partial charge in [-0.3, -0.25) is 4.79 Å². The van der Waals surface area contributed by atoms with Crippen LogP contribution in [0.1, 0.15) is 56.2 Å². The summed E-state index contributed by atoms with van der Waals surface area (Å²) in [6, 6.07) is 14.7. The van der Waals surface area contributed by atoms with Crippen molar-refractivity contribution in [2.24, 2.45) is 5.92 Å². The topological polar surface area (TPSA) is 99.0 Å². The van der Waals surface area contributed by atoms with Crippen LogP contribution in [-0.4, -0.2) is 48.5 Å². The molecule has 1 N–H and O–H groups in total. The second kappa shape index (κ2) is 11.6. The third kappa shape index (κ3) is 7.38. The molecule has 1 unspecified atom stereocenters. The summed E-state index contributed by atoms with van der Waals surface area (Å²) < 4.78 is 67.3. The van der Waals surface area contributed by atoms with E-state index in [1.807, 2.05) is 0 Å². The molecule has 2 saturated carbocycles. The number of alkyl halides is 3. The summed E-state index contributed by atoms with van der Waals surface area (Å²) in [5.74, 6) is -1.14. The van der Waals surface area contributed by atoms with Gasteiger partial charge in [-0.15, -0.1) is 13.2 Å². The van der Waals surface area contributed by atoms with Crippen molar-refractivity contribution in [2.45, 2.75) is 88.8 Å². The molecule has 3 aliphatic rings. The molecule has 1 aliphatic heterocycles. The molecule has 0 spiro atoms. The third-order valence-electron chi connectivity index (χ3n) is 7.55. The number of ether oxygens (including phenoxy) is 5. The normalized spacial score (nSPS) is 27.1. The molecule has 5 rings (SSSR count). The Hall–Kier alpha value is -3.17. The number of nitrogens with zero attached hydrogens (tertiary/aromatic N) is 1. The van der Waals surface area contributed by atoms with E-state index in [0.717, 1.165) is 12.8 Å². The average molecular weight is 575 g/mol. The van der Waals surface area contributed by atoms with E-state index >= 15 is 0 Å². The highest BCUT2D eigenvalue weighted by molar-refractivity contribution is 5.85. The number of hydrogen-bond acceptors (Lipinski definition) is 7. The Morgan fingerprint density at radius 3 is 2.61 bits per heavy atom. The number of carbonyl (C=O) groups excluding carboxylic acids is 1. The Morgan fingerprint density at radius 2 is 1.88 bits per heavy atom. The van der Waals surface area contributed by atoms with E-state index in [1.165, 1.54) is 18.2 Å². The van der Waals surface area contributed by atoms with Crippen molar-refractivity contribution in [1.29, 1.82) is 5.26 Å². The van der Waals surface area contributed by atoms with Gasteiger partial charge in [0.05, 0.1) is 37.1 Å². The van der Waals surface area contributed by atoms with E-state index < -0.39 is 36.1 Å². The van der Waals surface area contributed by atoms with E-state index in [0.29, 0.717) is 29.2 Å². The van der Waals surface area contributed by atoms with Gasteiger partial charge in [-0.1, -0.05) is 30.3 Å². The Kier molecular flexibility index (Phi) is 8.30. The van der Waals surface area contributed by atoms with Crippen LogP contribution in [-0.2, 0) is 37.0 Å². The molecule has 220 valence electrons. The van der Waals surface area contributed by atoms with Crippen LogP contribution < -0.4 is 10.1 Å². The predicted molar refractivity (Wildman–Crippen MR) is 139 cm³/mol. The zero-order valence-corrected chi connectivity index (χ0v) is 22.9. The fourth-order valence-electron chi connectivity index (χ4n) is 5.44. The molecule has 0 aromatic heterocycles. The first-order chi connectivity index (χ1) is 19.5. The van der Waals surface area contributed by atoms with Gasteiger partial charge in [0.1, 0.15) is 11.9 Å². The molecule has 2 aromatic carbocycles. The molecule has 1 heterocycles. The van der Waals surface area contributed by atoms with Crippen LogP contribution in [0.3, 0.4) is 0 Å². The first-order valence-corrected chi connectivity index (χ1v) is 13.7. The highest BCUT2D eigenvalue weighted by atomic mass is 19.4. The molecule has 2 aromatic rings. The van der Waals surface area contributed by atoms with Gasteiger partial charge in [-0.25, -0.2) is 0 Å². The van der Waals surface area contributed by atoms with Crippen LogP contribution in [0.2, 0.25) is 0 Å². The second-order valence-electron chi connectivity index (χ2n) is 11.3. The fraction of sp³-hybridized carbons (Fsp3) is 0.533. The Balaban J connectivity index is 1.39. The lowest BCUT2D eigenvalue weighted by Gasteiger charge is -2.43. The lowest BCUT2D eigenvalue weighted by molar-refractivity contribution is -0.274. The number of nitrogens with one attached hydrogen (secondary N) is 1. The fourth-order valence-corrected chi connectivity index (χ4v) is 5.44. The van der Waals surface area contributed by atoms with Crippen LogP contribution in [0.4, 0.5) is 13.2 Å². The Bertz CT molecular complexity index is 1290. The summed E-state index contributed by atoms with van der Waals surface area (Å²) in [6.45, 7) is 4.06. The molecule has 41 heavy (non-hydrogen) atoms. The Morgan fingerprint density at radius 1 is 1.10 bits per heavy atom. The zero-order chi connectivity index (χ0) is 29.3. The lowest BCUT2D eigenvalue weighted by atomic mass is 9.78. The van der Waals surface area contributed by atoms with Gasteiger partial charge in [0.2, 0.25) is 0 Å². The van der Waals surface area contributed by atoms with Crippen molar-refractivity contribution in [3.63, 3.8) is 0 Å². The first kappa shape index (κ1) is 29.3. The van der Waals surface area contributed by atoms with E-state index in [2.05, 4.69) is 16.1 Å². The molecule has 8 nitrogen and oxygen atoms in total. The van der Waals surface area contributed by atoms with Crippen molar-refractivity contribution in [3.05, 3.63) is 65.2 Å². The van der Waals surface area contributed by atoms with Gasteiger partial charge in [0.15, 0.2) is 11.4 Å². The quantitative estimate of drug-likeness (QED) is 0.420. The summed E-state index contributed by atoms with van der Waals surface area (Å²) >= 11 is 0. The van der Waals surface area contributed by atoms with Gasteiger partial charge < -0.3 is 29.0 Å². The number of carbonyl (C=O) groups is 1. The van der Waals surface area contributed by atoms with E-state index in [4.69, 9.17) is 18.9 Å². The van der Waals surface area contributed by atoms with Gasteiger partial charge >= 0.3 is 6.36 Å². The zero-order valence-electron chi connectivity index (χ0n) is 22.9. The number of halogens is 3. The van der Waals surface area contributed by atoms with E-state index in [9.17, 15) is 23.2 Å². The monoisotopic (exact) mass is 574 g/mol. The number of rotatable bonds is 10. The number of benzene rings is 2. The van der Waals surface area contributed by atoms with Crippen molar-refractivity contribution < 1.29 is 41.7 Å². The maximum absolute atomic E-state index is 13.8. The van der Waals surface area contributed by atoms with Crippen LogP contribution in [0.25, 0.3) is 0 Å². The van der Waals surface area contributed by atoms with Crippen molar-refractivity contribution >= 4 is 5.91 Å². The van der Waals surface area contributed by atoms with Crippen molar-refractivity contribution in [3.8, 4) is 11.8 Å². The highest BCUT2D eigenvalue weighted by Gasteiger charge is 2.58. The molecule has 1 amide bonds. The summed E-state index contributed by atoms with van der Waals surface area (Å²) in [7, 11) is 0. The number of fused-ring (bicyclic) bond motifs is 1. The molecule has 4 atom stereocenters. The standard InChI is InChI=1S/C30H33F3N2O6/c1-28(2)40-25-14-29(27(36)35-16-19-10-11-19,38-18-22-8-4-3-7-21(22)15-34)13-24(26(25)41-28)37-17-20-6-5-9-23(12-20)39-30(31,32)33/h3-9,12,19,24-26H,10-11,13-14,16-18H2,1-2H3,(H,35,36)/t24?,25-,26+,29-/m1/s1. The van der Waals surface area contributed by atoms with Gasteiger partial charge in [0.25, 0.3) is 5.91 Å². The highest BCUT2D eigenvalue weighted by Crippen LogP contribution is 2.44. The Labute approximate surface area is 236 Å². The van der Waals surface area contributed by atoms with Crippen LogP contribution >= 0.6 is 0 Å². The van der Waals surface area contributed by atoms with Crippen LogP contribution in [0.15, 0.2) is 48.5 Å². The molecule has 0 radical (unpaired) electrons. The van der Waals surface area contributed by atoms with Crippen LogP contribution in [0, 0.1) is 17.2 Å². The molecular weight excluding hydrogens is 541 g/mol. The minimum absolute atomic E-state index is 0.0196. The summed E-state index contributed by atoms with van der Waals surface area (Å²) in [5, 5.41) is 12.6. The third-order valence-corrected chi connectivity index (χ3v) is 7.55. The summed E-state index contributed by atoms with van der Waals surface area (Å²) in [5.41, 5.74) is 0.202. The van der Waals surface area contributed by atoms with Crippen LogP contribution in [0.5, 0.6) is 5.75 Å². The SMILES string of the molecule is CC1(C)O[C@@H]2C[C@@](OCc3ccccc3C#N)(C(=O)NCC3CC3)CC(OCc3cccc(OC(F)(F)F)c3)[C@@H]2O1. The number of nitriles is 1. The smallest absolute Gasteiger partial charge is 0.406 e. The van der Waals surface area contributed by atoms with Crippen molar-refractivity contribution in [1.82, 2.24) is 5.32 Å². The van der Waals surface area contributed by atoms with E-state index in [1.54, 1.807) is 44.2 Å². The molecule has 0 bridgehead atoms.